The number of aromatic nitrogens is 1. The molecule has 1 saturated heterocycles. The highest BCUT2D eigenvalue weighted by molar-refractivity contribution is 7.09. The van der Waals surface area contributed by atoms with Gasteiger partial charge in [0.1, 0.15) is 5.01 Å². The molecule has 2 heterocycles. The molecule has 0 amide bonds. The highest BCUT2D eigenvalue weighted by Crippen LogP contribution is 2.20. The minimum absolute atomic E-state index is 0.617. The van der Waals surface area contributed by atoms with Crippen LogP contribution in [0.2, 0.25) is 0 Å². The van der Waals surface area contributed by atoms with Crippen molar-refractivity contribution in [1.82, 2.24) is 15.2 Å². The minimum Gasteiger partial charge on any atom is -0.308 e. The van der Waals surface area contributed by atoms with E-state index in [9.17, 15) is 0 Å². The van der Waals surface area contributed by atoms with E-state index in [-0.39, 0.29) is 0 Å². The highest BCUT2D eigenvalue weighted by Gasteiger charge is 2.25. The number of hydrogen-bond acceptors (Lipinski definition) is 4. The van der Waals surface area contributed by atoms with Crippen molar-refractivity contribution in [3.05, 3.63) is 52.0 Å². The van der Waals surface area contributed by atoms with E-state index in [0.717, 1.165) is 18.8 Å². The third kappa shape index (κ3) is 4.15. The molecule has 0 aliphatic carbocycles. The molecule has 0 spiro atoms. The molecule has 0 radical (unpaired) electrons. The lowest BCUT2D eigenvalue weighted by Gasteiger charge is -2.38. The van der Waals surface area contributed by atoms with E-state index >= 15 is 0 Å². The second-order valence-corrected chi connectivity index (χ2v) is 7.23. The second kappa shape index (κ2) is 7.36. The Bertz CT molecular complexity index is 581. The zero-order chi connectivity index (χ0) is 15.4. The second-order valence-electron chi connectivity index (χ2n) is 6.29. The van der Waals surface area contributed by atoms with Gasteiger partial charge in [-0.3, -0.25) is 4.90 Å². The summed E-state index contributed by atoms with van der Waals surface area (Å²) in [7, 11) is 0. The van der Waals surface area contributed by atoms with Crippen LogP contribution in [0.3, 0.4) is 0 Å². The van der Waals surface area contributed by atoms with Crippen LogP contribution in [0.1, 0.15) is 36.0 Å². The van der Waals surface area contributed by atoms with Crippen molar-refractivity contribution in [3.8, 4) is 0 Å². The van der Waals surface area contributed by atoms with E-state index in [4.69, 9.17) is 0 Å². The Morgan fingerprint density at radius 3 is 2.82 bits per heavy atom. The van der Waals surface area contributed by atoms with Gasteiger partial charge >= 0.3 is 0 Å². The number of piperidine rings is 1. The van der Waals surface area contributed by atoms with Gasteiger partial charge in [0.2, 0.25) is 0 Å². The largest absolute Gasteiger partial charge is 0.308 e. The van der Waals surface area contributed by atoms with Gasteiger partial charge in [-0.1, -0.05) is 30.3 Å². The van der Waals surface area contributed by atoms with Crippen molar-refractivity contribution in [2.45, 2.75) is 51.9 Å². The molecular formula is C18H25N3S. The molecule has 0 saturated carbocycles. The van der Waals surface area contributed by atoms with Crippen molar-refractivity contribution in [3.63, 3.8) is 0 Å². The van der Waals surface area contributed by atoms with Gasteiger partial charge in [-0.05, 0) is 32.3 Å². The Balaban J connectivity index is 1.47. The molecule has 0 unspecified atom stereocenters. The van der Waals surface area contributed by atoms with Gasteiger partial charge in [0.05, 0.1) is 0 Å². The minimum atomic E-state index is 0.617. The fourth-order valence-electron chi connectivity index (χ4n) is 3.17. The van der Waals surface area contributed by atoms with Crippen molar-refractivity contribution in [1.29, 1.82) is 0 Å². The number of nitrogens with one attached hydrogen (secondary N) is 1. The lowest BCUT2D eigenvalue weighted by atomic mass is 9.97. The van der Waals surface area contributed by atoms with Crippen LogP contribution in [0.4, 0.5) is 0 Å². The number of likely N-dealkylation sites (tertiary alicyclic amines) is 1. The maximum Gasteiger partial charge on any atom is 0.107 e. The number of aryl methyl sites for hydroxylation is 1. The topological polar surface area (TPSA) is 28.2 Å². The number of benzene rings is 1. The Labute approximate surface area is 137 Å². The van der Waals surface area contributed by atoms with E-state index in [1.165, 1.54) is 30.0 Å². The molecule has 3 nitrogen and oxygen atoms in total. The van der Waals surface area contributed by atoms with Crippen LogP contribution in [0.25, 0.3) is 0 Å². The first-order chi connectivity index (χ1) is 10.7. The molecule has 2 atom stereocenters. The molecule has 1 N–H and O–H groups in total. The molecule has 1 aromatic heterocycles. The maximum absolute atomic E-state index is 4.53. The number of rotatable bonds is 5. The summed E-state index contributed by atoms with van der Waals surface area (Å²) in [5.74, 6) is 0. The van der Waals surface area contributed by atoms with Gasteiger partial charge in [0.15, 0.2) is 0 Å². The summed E-state index contributed by atoms with van der Waals surface area (Å²) >= 11 is 1.76. The summed E-state index contributed by atoms with van der Waals surface area (Å²) in [5.41, 5.74) is 2.55. The summed E-state index contributed by atoms with van der Waals surface area (Å²) in [5, 5.41) is 7.02. The molecule has 0 bridgehead atoms. The molecule has 22 heavy (non-hydrogen) atoms. The molecule has 1 fully saturated rings. The molecule has 3 rings (SSSR count). The quantitative estimate of drug-likeness (QED) is 0.914. The first-order valence-corrected chi connectivity index (χ1v) is 9.01. The zero-order valence-electron chi connectivity index (χ0n) is 13.5. The number of hydrogen-bond donors (Lipinski definition) is 1. The van der Waals surface area contributed by atoms with Crippen LogP contribution in [0, 0.1) is 6.92 Å². The van der Waals surface area contributed by atoms with Crippen LogP contribution in [0.15, 0.2) is 35.7 Å². The molecule has 1 aromatic carbocycles. The predicted octanol–water partition coefficient (Wildman–Crippen LogP) is 3.59. The van der Waals surface area contributed by atoms with Crippen LogP contribution in [0.5, 0.6) is 0 Å². The average molecular weight is 315 g/mol. The standard InChI is InChI=1S/C18H25N3S/c1-14-13-22-18(20-14)11-19-17-8-9-21(15(2)10-17)12-16-6-4-3-5-7-16/h3-7,13,15,17,19H,8-12H2,1-2H3/t15-,17+/m0/s1. The van der Waals surface area contributed by atoms with Crippen molar-refractivity contribution in [2.24, 2.45) is 0 Å². The molecule has 2 aromatic rings. The summed E-state index contributed by atoms with van der Waals surface area (Å²) in [6, 6.07) is 12.0. The Morgan fingerprint density at radius 1 is 1.32 bits per heavy atom. The fourth-order valence-corrected chi connectivity index (χ4v) is 3.90. The summed E-state index contributed by atoms with van der Waals surface area (Å²) in [4.78, 5) is 7.13. The average Bonchev–Trinajstić information content (AvgIpc) is 2.94. The van der Waals surface area contributed by atoms with Gasteiger partial charge < -0.3 is 5.32 Å². The predicted molar refractivity (Wildman–Crippen MR) is 93.0 cm³/mol. The fraction of sp³-hybridized carbons (Fsp3) is 0.500. The zero-order valence-corrected chi connectivity index (χ0v) is 14.3. The van der Waals surface area contributed by atoms with E-state index in [2.05, 4.69) is 64.8 Å². The molecule has 118 valence electrons. The Hall–Kier alpha value is -1.23. The van der Waals surface area contributed by atoms with Gasteiger partial charge in [-0.2, -0.15) is 0 Å². The maximum atomic E-state index is 4.53. The molecule has 4 heteroatoms. The van der Waals surface area contributed by atoms with Gasteiger partial charge in [0, 0.05) is 42.8 Å². The lowest BCUT2D eigenvalue weighted by Crippen LogP contribution is -2.46. The monoisotopic (exact) mass is 315 g/mol. The Morgan fingerprint density at radius 2 is 2.14 bits per heavy atom. The van der Waals surface area contributed by atoms with E-state index in [1.807, 2.05) is 0 Å². The third-order valence-corrected chi connectivity index (χ3v) is 5.42. The van der Waals surface area contributed by atoms with Gasteiger partial charge in [0.25, 0.3) is 0 Å². The van der Waals surface area contributed by atoms with Crippen LogP contribution < -0.4 is 5.32 Å². The lowest BCUT2D eigenvalue weighted by molar-refractivity contribution is 0.128. The first-order valence-electron chi connectivity index (χ1n) is 8.13. The van der Waals surface area contributed by atoms with Crippen LogP contribution in [-0.2, 0) is 13.1 Å². The summed E-state index contributed by atoms with van der Waals surface area (Å²) in [6.07, 6.45) is 2.44. The van der Waals surface area contributed by atoms with Gasteiger partial charge in [-0.15, -0.1) is 11.3 Å². The Kier molecular flexibility index (Phi) is 5.24. The van der Waals surface area contributed by atoms with Crippen molar-refractivity contribution >= 4 is 11.3 Å². The van der Waals surface area contributed by atoms with Crippen molar-refractivity contribution < 1.29 is 0 Å². The first kappa shape index (κ1) is 15.7. The third-order valence-electron chi connectivity index (χ3n) is 4.45. The van der Waals surface area contributed by atoms with Crippen molar-refractivity contribution in [2.75, 3.05) is 6.54 Å². The van der Waals surface area contributed by atoms with Crippen LogP contribution in [-0.4, -0.2) is 28.5 Å². The van der Waals surface area contributed by atoms with E-state index in [1.54, 1.807) is 11.3 Å². The summed E-state index contributed by atoms with van der Waals surface area (Å²) in [6.45, 7) is 7.56. The molecule has 1 aliphatic heterocycles. The molecule has 1 aliphatic rings. The molecular weight excluding hydrogens is 290 g/mol. The normalized spacial score (nSPS) is 22.8. The SMILES string of the molecule is Cc1csc(CN[C@@H]2CCN(Cc3ccccc3)[C@@H](C)C2)n1. The van der Waals surface area contributed by atoms with E-state index < -0.39 is 0 Å². The summed E-state index contributed by atoms with van der Waals surface area (Å²) < 4.78 is 0. The van der Waals surface area contributed by atoms with Gasteiger partial charge in [-0.25, -0.2) is 4.98 Å². The van der Waals surface area contributed by atoms with E-state index in [0.29, 0.717) is 12.1 Å². The number of nitrogens with zero attached hydrogens (tertiary/aromatic N) is 2. The highest BCUT2D eigenvalue weighted by atomic mass is 32.1. The van der Waals surface area contributed by atoms with Crippen LogP contribution >= 0.6 is 11.3 Å². The number of thiazole rings is 1. The smallest absolute Gasteiger partial charge is 0.107 e.